The fourth-order valence-corrected chi connectivity index (χ4v) is 2.96. The van der Waals surface area contributed by atoms with Crippen LogP contribution in [0.1, 0.15) is 56.6 Å². The van der Waals surface area contributed by atoms with Crippen LogP contribution in [0, 0.1) is 5.92 Å². The van der Waals surface area contributed by atoms with E-state index in [0.29, 0.717) is 30.8 Å². The molecule has 1 aromatic rings. The Bertz CT molecular complexity index is 487. The van der Waals surface area contributed by atoms with Gasteiger partial charge in [0.25, 0.3) is 5.91 Å². The lowest BCUT2D eigenvalue weighted by Crippen LogP contribution is -2.32. The SMILES string of the molecule is CCOC(CCNC(=O)c1ccn(C2CCCNC2)n1)C(C)C.Cl. The molecule has 2 N–H and O–H groups in total. The number of nitrogens with zero attached hydrogens (tertiary/aromatic N) is 2. The van der Waals surface area contributed by atoms with Crippen LogP contribution in [0.25, 0.3) is 0 Å². The van der Waals surface area contributed by atoms with Crippen molar-refractivity contribution in [1.82, 2.24) is 20.4 Å². The summed E-state index contributed by atoms with van der Waals surface area (Å²) in [7, 11) is 0. The van der Waals surface area contributed by atoms with Gasteiger partial charge in [-0.1, -0.05) is 13.8 Å². The number of ether oxygens (including phenoxy) is 1. The lowest BCUT2D eigenvalue weighted by Gasteiger charge is -2.22. The quantitative estimate of drug-likeness (QED) is 0.748. The Kier molecular flexibility index (Phi) is 9.33. The number of hydrogen-bond donors (Lipinski definition) is 2. The molecule has 0 bridgehead atoms. The molecule has 2 unspecified atom stereocenters. The van der Waals surface area contributed by atoms with Gasteiger partial charge in [-0.15, -0.1) is 12.4 Å². The normalized spacial score (nSPS) is 18.9. The van der Waals surface area contributed by atoms with Gasteiger partial charge < -0.3 is 15.4 Å². The first-order valence-corrected chi connectivity index (χ1v) is 8.77. The molecule has 1 aliphatic heterocycles. The van der Waals surface area contributed by atoms with E-state index in [9.17, 15) is 4.79 Å². The second-order valence-electron chi connectivity index (χ2n) is 6.46. The number of carbonyl (C=O) groups is 1. The van der Waals surface area contributed by atoms with Crippen molar-refractivity contribution in [2.75, 3.05) is 26.2 Å². The van der Waals surface area contributed by atoms with Gasteiger partial charge in [0.15, 0.2) is 0 Å². The van der Waals surface area contributed by atoms with Crippen molar-refractivity contribution in [2.24, 2.45) is 5.92 Å². The van der Waals surface area contributed by atoms with Crippen molar-refractivity contribution >= 4 is 18.3 Å². The van der Waals surface area contributed by atoms with Gasteiger partial charge in [-0.05, 0) is 44.7 Å². The molecule has 1 saturated heterocycles. The van der Waals surface area contributed by atoms with Crippen LogP contribution < -0.4 is 10.6 Å². The van der Waals surface area contributed by atoms with Crippen LogP contribution in [0.15, 0.2) is 12.3 Å². The Hall–Kier alpha value is -1.11. The van der Waals surface area contributed by atoms with Gasteiger partial charge in [0.2, 0.25) is 0 Å². The van der Waals surface area contributed by atoms with Crippen molar-refractivity contribution in [3.8, 4) is 0 Å². The standard InChI is InChI=1S/C17H30N4O2.ClH/c1-4-23-16(13(2)3)7-10-19-17(22)15-8-11-21(20-15)14-6-5-9-18-12-14;/h8,11,13-14,16,18H,4-7,9-10,12H2,1-3H3,(H,19,22);1H. The molecule has 7 heteroatoms. The molecule has 1 amide bonds. The van der Waals surface area contributed by atoms with Crippen LogP contribution in [0.2, 0.25) is 0 Å². The number of hydrogen-bond acceptors (Lipinski definition) is 4. The fraction of sp³-hybridized carbons (Fsp3) is 0.765. The average molecular weight is 359 g/mol. The van der Waals surface area contributed by atoms with Gasteiger partial charge in [0, 0.05) is 25.9 Å². The summed E-state index contributed by atoms with van der Waals surface area (Å²) in [6.07, 6.45) is 5.18. The minimum atomic E-state index is -0.105. The molecule has 2 rings (SSSR count). The summed E-state index contributed by atoms with van der Waals surface area (Å²) in [6, 6.07) is 2.15. The number of nitrogens with one attached hydrogen (secondary N) is 2. The van der Waals surface area contributed by atoms with E-state index in [-0.39, 0.29) is 24.4 Å². The summed E-state index contributed by atoms with van der Waals surface area (Å²) in [5, 5.41) is 10.8. The molecule has 2 atom stereocenters. The van der Waals surface area contributed by atoms with Crippen molar-refractivity contribution in [3.05, 3.63) is 18.0 Å². The van der Waals surface area contributed by atoms with Crippen LogP contribution in [0.5, 0.6) is 0 Å². The Morgan fingerprint density at radius 2 is 2.33 bits per heavy atom. The molecule has 24 heavy (non-hydrogen) atoms. The molecule has 0 spiro atoms. The third kappa shape index (κ3) is 6.07. The summed E-state index contributed by atoms with van der Waals surface area (Å²) in [5.74, 6) is 0.344. The first-order chi connectivity index (χ1) is 11.1. The molecular formula is C17H31ClN4O2. The Morgan fingerprint density at radius 3 is 2.96 bits per heavy atom. The third-order valence-electron chi connectivity index (χ3n) is 4.32. The number of aromatic nitrogens is 2. The molecule has 1 aliphatic rings. The van der Waals surface area contributed by atoms with Crippen molar-refractivity contribution < 1.29 is 9.53 Å². The molecule has 1 fully saturated rings. The number of rotatable bonds is 8. The molecule has 0 aromatic carbocycles. The zero-order chi connectivity index (χ0) is 16.7. The van der Waals surface area contributed by atoms with E-state index < -0.39 is 0 Å². The lowest BCUT2D eigenvalue weighted by atomic mass is 10.0. The van der Waals surface area contributed by atoms with Crippen LogP contribution in [0.3, 0.4) is 0 Å². The summed E-state index contributed by atoms with van der Waals surface area (Å²) >= 11 is 0. The molecule has 138 valence electrons. The molecule has 0 saturated carbocycles. The predicted molar refractivity (Wildman–Crippen MR) is 97.8 cm³/mol. The minimum Gasteiger partial charge on any atom is -0.378 e. The highest BCUT2D eigenvalue weighted by molar-refractivity contribution is 5.92. The maximum Gasteiger partial charge on any atom is 0.271 e. The molecule has 6 nitrogen and oxygen atoms in total. The van der Waals surface area contributed by atoms with Crippen molar-refractivity contribution in [2.45, 2.75) is 52.2 Å². The first-order valence-electron chi connectivity index (χ1n) is 8.77. The summed E-state index contributed by atoms with van der Waals surface area (Å²) in [5.41, 5.74) is 0.494. The highest BCUT2D eigenvalue weighted by Crippen LogP contribution is 2.15. The van der Waals surface area contributed by atoms with E-state index in [4.69, 9.17) is 4.74 Å². The van der Waals surface area contributed by atoms with Crippen LogP contribution in [-0.4, -0.2) is 48.0 Å². The van der Waals surface area contributed by atoms with Crippen LogP contribution in [-0.2, 0) is 4.74 Å². The second kappa shape index (κ2) is 10.7. The van der Waals surface area contributed by atoms with E-state index in [1.165, 1.54) is 0 Å². The molecule has 2 heterocycles. The highest BCUT2D eigenvalue weighted by Gasteiger charge is 2.18. The number of carbonyl (C=O) groups excluding carboxylic acids is 1. The third-order valence-corrected chi connectivity index (χ3v) is 4.32. The summed E-state index contributed by atoms with van der Waals surface area (Å²) < 4.78 is 7.61. The molecule has 1 aromatic heterocycles. The summed E-state index contributed by atoms with van der Waals surface area (Å²) in [4.78, 5) is 12.2. The zero-order valence-electron chi connectivity index (χ0n) is 15.0. The zero-order valence-corrected chi connectivity index (χ0v) is 15.8. The monoisotopic (exact) mass is 358 g/mol. The number of amides is 1. The molecule has 0 radical (unpaired) electrons. The number of piperidine rings is 1. The van der Waals surface area contributed by atoms with E-state index in [1.807, 2.05) is 17.8 Å². The van der Waals surface area contributed by atoms with E-state index >= 15 is 0 Å². The topological polar surface area (TPSA) is 68.2 Å². The second-order valence-corrected chi connectivity index (χ2v) is 6.46. The minimum absolute atomic E-state index is 0. The van der Waals surface area contributed by atoms with Gasteiger partial charge >= 0.3 is 0 Å². The van der Waals surface area contributed by atoms with Gasteiger partial charge in [0.1, 0.15) is 5.69 Å². The van der Waals surface area contributed by atoms with Crippen molar-refractivity contribution in [1.29, 1.82) is 0 Å². The van der Waals surface area contributed by atoms with Gasteiger partial charge in [-0.25, -0.2) is 0 Å². The van der Waals surface area contributed by atoms with E-state index in [2.05, 4.69) is 29.6 Å². The fourth-order valence-electron chi connectivity index (χ4n) is 2.96. The smallest absolute Gasteiger partial charge is 0.271 e. The average Bonchev–Trinajstić information content (AvgIpc) is 3.04. The Morgan fingerprint density at radius 1 is 1.54 bits per heavy atom. The van der Waals surface area contributed by atoms with Gasteiger partial charge in [-0.2, -0.15) is 5.10 Å². The molecular weight excluding hydrogens is 328 g/mol. The van der Waals surface area contributed by atoms with E-state index in [1.54, 1.807) is 6.07 Å². The Balaban J connectivity index is 0.00000288. The number of halogens is 1. The highest BCUT2D eigenvalue weighted by atomic mass is 35.5. The van der Waals surface area contributed by atoms with E-state index in [0.717, 1.165) is 32.4 Å². The largest absolute Gasteiger partial charge is 0.378 e. The first kappa shape index (κ1) is 20.9. The van der Waals surface area contributed by atoms with Gasteiger partial charge in [-0.3, -0.25) is 9.48 Å². The lowest BCUT2D eigenvalue weighted by molar-refractivity contribution is 0.0251. The van der Waals surface area contributed by atoms with Crippen molar-refractivity contribution in [3.63, 3.8) is 0 Å². The van der Waals surface area contributed by atoms with Gasteiger partial charge in [0.05, 0.1) is 12.1 Å². The predicted octanol–water partition coefficient (Wildman–Crippen LogP) is 2.41. The maximum absolute atomic E-state index is 12.2. The molecule has 0 aliphatic carbocycles. The van der Waals surface area contributed by atoms with Crippen LogP contribution >= 0.6 is 12.4 Å². The maximum atomic E-state index is 12.2. The van der Waals surface area contributed by atoms with Crippen LogP contribution in [0.4, 0.5) is 0 Å². The Labute approximate surface area is 151 Å². The summed E-state index contributed by atoms with van der Waals surface area (Å²) in [6.45, 7) is 9.59.